The number of aryl methyl sites for hydroxylation is 1. The topological polar surface area (TPSA) is 93.3 Å². The number of aromatic nitrogens is 1. The molecule has 6 nitrogen and oxygen atoms in total. The van der Waals surface area contributed by atoms with Crippen molar-refractivity contribution in [3.05, 3.63) is 45.0 Å². The number of hydrogen-bond acceptors (Lipinski definition) is 6. The number of nitro groups is 1. The molecule has 0 aliphatic rings. The van der Waals surface area contributed by atoms with Crippen LogP contribution in [0, 0.1) is 17.0 Å². The zero-order chi connectivity index (χ0) is 14.7. The average molecular weight is 310 g/mol. The molecular weight excluding hydrogens is 300 g/mol. The molecular formula is C12H10N2O4S2. The first kappa shape index (κ1) is 14.5. The van der Waals surface area contributed by atoms with Gasteiger partial charge in [-0.1, -0.05) is 11.8 Å². The third-order valence-corrected chi connectivity index (χ3v) is 4.27. The highest BCUT2D eigenvalue weighted by Crippen LogP contribution is 2.33. The minimum absolute atomic E-state index is 0.0369. The Labute approximate surface area is 122 Å². The van der Waals surface area contributed by atoms with Gasteiger partial charge in [-0.2, -0.15) is 0 Å². The molecule has 0 atom stereocenters. The van der Waals surface area contributed by atoms with E-state index in [4.69, 9.17) is 5.11 Å². The molecule has 0 aliphatic carbocycles. The molecule has 1 aromatic heterocycles. The zero-order valence-electron chi connectivity index (χ0n) is 10.4. The average Bonchev–Trinajstić information content (AvgIpc) is 2.74. The summed E-state index contributed by atoms with van der Waals surface area (Å²) in [6.45, 7) is 1.79. The van der Waals surface area contributed by atoms with Crippen molar-refractivity contribution in [2.45, 2.75) is 22.6 Å². The SMILES string of the molecule is Cc1cc(Sc2nc(CC(=O)O)cs2)cc([N+](=O)[O-])c1. The molecule has 20 heavy (non-hydrogen) atoms. The standard InChI is InChI=1S/C12H10N2O4S2/c1-7-2-9(14(17)18)5-10(3-7)20-12-13-8(6-19-12)4-11(15)16/h2-3,5-6H,4H2,1H3,(H,15,16). The number of thiazole rings is 1. The predicted octanol–water partition coefficient (Wildman–Crippen LogP) is 3.14. The predicted molar refractivity (Wildman–Crippen MR) is 75.4 cm³/mol. The molecule has 0 aliphatic heterocycles. The molecule has 0 saturated carbocycles. The van der Waals surface area contributed by atoms with E-state index in [2.05, 4.69) is 4.98 Å². The first-order chi connectivity index (χ1) is 9.44. The van der Waals surface area contributed by atoms with Gasteiger partial charge in [0, 0.05) is 22.4 Å². The lowest BCUT2D eigenvalue weighted by Gasteiger charge is -2.00. The van der Waals surface area contributed by atoms with E-state index in [0.717, 1.165) is 5.56 Å². The van der Waals surface area contributed by atoms with Crippen LogP contribution < -0.4 is 0 Å². The minimum Gasteiger partial charge on any atom is -0.481 e. The Bertz CT molecular complexity index is 669. The Hall–Kier alpha value is -1.93. The smallest absolute Gasteiger partial charge is 0.309 e. The van der Waals surface area contributed by atoms with E-state index in [0.29, 0.717) is 14.9 Å². The molecule has 0 bridgehead atoms. The van der Waals surface area contributed by atoms with Crippen molar-refractivity contribution in [1.82, 2.24) is 4.98 Å². The third kappa shape index (κ3) is 3.78. The molecule has 2 rings (SSSR count). The lowest BCUT2D eigenvalue weighted by Crippen LogP contribution is -1.99. The van der Waals surface area contributed by atoms with Crippen molar-refractivity contribution in [3.8, 4) is 0 Å². The number of aliphatic carboxylic acids is 1. The van der Waals surface area contributed by atoms with Gasteiger partial charge in [-0.3, -0.25) is 14.9 Å². The van der Waals surface area contributed by atoms with Crippen LogP contribution in [-0.2, 0) is 11.2 Å². The van der Waals surface area contributed by atoms with Gasteiger partial charge in [-0.05, 0) is 18.6 Å². The number of nitro benzene ring substituents is 1. The Morgan fingerprint density at radius 3 is 2.90 bits per heavy atom. The molecule has 1 aromatic carbocycles. The first-order valence-corrected chi connectivity index (χ1v) is 7.24. The quantitative estimate of drug-likeness (QED) is 0.673. The second-order valence-corrected chi connectivity index (χ2v) is 6.22. The summed E-state index contributed by atoms with van der Waals surface area (Å²) in [7, 11) is 0. The van der Waals surface area contributed by atoms with Crippen LogP contribution in [-0.4, -0.2) is 21.0 Å². The fraction of sp³-hybridized carbons (Fsp3) is 0.167. The molecule has 8 heteroatoms. The molecule has 2 aromatic rings. The zero-order valence-corrected chi connectivity index (χ0v) is 12.0. The summed E-state index contributed by atoms with van der Waals surface area (Å²) < 4.78 is 0.668. The number of nitrogens with zero attached hydrogens (tertiary/aromatic N) is 2. The summed E-state index contributed by atoms with van der Waals surface area (Å²) in [5, 5.41) is 21.2. The number of carboxylic acids is 1. The maximum atomic E-state index is 10.8. The molecule has 0 fully saturated rings. The first-order valence-electron chi connectivity index (χ1n) is 5.54. The van der Waals surface area contributed by atoms with E-state index in [1.807, 2.05) is 6.07 Å². The molecule has 0 amide bonds. The van der Waals surface area contributed by atoms with E-state index < -0.39 is 10.9 Å². The molecule has 0 radical (unpaired) electrons. The normalized spacial score (nSPS) is 10.4. The van der Waals surface area contributed by atoms with Crippen molar-refractivity contribution in [2.75, 3.05) is 0 Å². The fourth-order valence-electron chi connectivity index (χ4n) is 1.56. The van der Waals surface area contributed by atoms with Crippen molar-refractivity contribution < 1.29 is 14.8 Å². The second kappa shape index (κ2) is 6.02. The van der Waals surface area contributed by atoms with Crippen LogP contribution in [0.1, 0.15) is 11.3 Å². The van der Waals surface area contributed by atoms with Gasteiger partial charge in [-0.15, -0.1) is 11.3 Å². The van der Waals surface area contributed by atoms with Crippen LogP contribution in [0.2, 0.25) is 0 Å². The number of benzene rings is 1. The van der Waals surface area contributed by atoms with E-state index in [1.54, 1.807) is 12.3 Å². The van der Waals surface area contributed by atoms with Gasteiger partial charge in [0.25, 0.3) is 5.69 Å². The van der Waals surface area contributed by atoms with Gasteiger partial charge in [-0.25, -0.2) is 4.98 Å². The summed E-state index contributed by atoms with van der Waals surface area (Å²) in [6.07, 6.45) is -0.120. The van der Waals surface area contributed by atoms with Crippen molar-refractivity contribution in [3.63, 3.8) is 0 Å². The van der Waals surface area contributed by atoms with Gasteiger partial charge in [0.2, 0.25) is 0 Å². The highest BCUT2D eigenvalue weighted by molar-refractivity contribution is 8.01. The minimum atomic E-state index is -0.932. The van der Waals surface area contributed by atoms with Gasteiger partial charge in [0.05, 0.1) is 17.0 Å². The summed E-state index contributed by atoms with van der Waals surface area (Å²) in [6, 6.07) is 4.81. The van der Waals surface area contributed by atoms with Gasteiger partial charge in [0.15, 0.2) is 4.34 Å². The number of carboxylic acid groups (broad SMARTS) is 1. The largest absolute Gasteiger partial charge is 0.481 e. The monoisotopic (exact) mass is 310 g/mol. The van der Waals surface area contributed by atoms with Gasteiger partial charge < -0.3 is 5.11 Å². The summed E-state index contributed by atoms with van der Waals surface area (Å²) in [5.41, 5.74) is 1.32. The lowest BCUT2D eigenvalue weighted by atomic mass is 10.2. The maximum absolute atomic E-state index is 10.8. The molecule has 1 N–H and O–H groups in total. The van der Waals surface area contributed by atoms with Gasteiger partial charge >= 0.3 is 5.97 Å². The third-order valence-electron chi connectivity index (χ3n) is 2.31. The van der Waals surface area contributed by atoms with Crippen molar-refractivity contribution in [2.24, 2.45) is 0 Å². The number of carbonyl (C=O) groups is 1. The molecule has 0 spiro atoms. The Morgan fingerprint density at radius 2 is 2.25 bits per heavy atom. The van der Waals surface area contributed by atoms with Crippen LogP contribution in [0.25, 0.3) is 0 Å². The fourth-order valence-corrected chi connectivity index (χ4v) is 3.52. The lowest BCUT2D eigenvalue weighted by molar-refractivity contribution is -0.385. The van der Waals surface area contributed by atoms with Crippen LogP contribution in [0.3, 0.4) is 0 Å². The Kier molecular flexibility index (Phi) is 4.35. The Balaban J connectivity index is 2.19. The summed E-state index contributed by atoms with van der Waals surface area (Å²) >= 11 is 2.62. The molecule has 1 heterocycles. The highest BCUT2D eigenvalue weighted by atomic mass is 32.2. The number of hydrogen-bond donors (Lipinski definition) is 1. The van der Waals surface area contributed by atoms with E-state index >= 15 is 0 Å². The van der Waals surface area contributed by atoms with Crippen molar-refractivity contribution >= 4 is 34.8 Å². The molecule has 104 valence electrons. The molecule has 0 saturated heterocycles. The van der Waals surface area contributed by atoms with Crippen LogP contribution in [0.15, 0.2) is 32.8 Å². The van der Waals surface area contributed by atoms with E-state index in [1.165, 1.54) is 35.2 Å². The Morgan fingerprint density at radius 1 is 1.50 bits per heavy atom. The highest BCUT2D eigenvalue weighted by Gasteiger charge is 2.11. The summed E-state index contributed by atoms with van der Waals surface area (Å²) in [5.74, 6) is -0.932. The summed E-state index contributed by atoms with van der Waals surface area (Å²) in [4.78, 5) is 25.8. The second-order valence-electron chi connectivity index (χ2n) is 4.04. The molecule has 0 unspecified atom stereocenters. The number of rotatable bonds is 5. The van der Waals surface area contributed by atoms with E-state index in [-0.39, 0.29) is 12.1 Å². The van der Waals surface area contributed by atoms with Crippen LogP contribution in [0.5, 0.6) is 0 Å². The van der Waals surface area contributed by atoms with Gasteiger partial charge in [0.1, 0.15) is 0 Å². The van der Waals surface area contributed by atoms with Crippen LogP contribution in [0.4, 0.5) is 5.69 Å². The number of non-ortho nitro benzene ring substituents is 1. The van der Waals surface area contributed by atoms with Crippen molar-refractivity contribution in [1.29, 1.82) is 0 Å². The maximum Gasteiger partial charge on any atom is 0.309 e. The van der Waals surface area contributed by atoms with E-state index in [9.17, 15) is 14.9 Å². The van der Waals surface area contributed by atoms with Crippen LogP contribution >= 0.6 is 23.1 Å².